The standard InChI is InChI=1S/C11H19N3O2/c1-12-9-3-2-6-14(11(9)16)8-4-5-10(15)13-7-8/h8-9,12H,2-7H2,1H3,(H,13,15). The van der Waals surface area contributed by atoms with Crippen LogP contribution >= 0.6 is 0 Å². The Hall–Kier alpha value is -1.10. The molecule has 2 aliphatic rings. The molecule has 2 heterocycles. The van der Waals surface area contributed by atoms with Gasteiger partial charge >= 0.3 is 0 Å². The van der Waals surface area contributed by atoms with Gasteiger partial charge in [-0.05, 0) is 26.3 Å². The summed E-state index contributed by atoms with van der Waals surface area (Å²) in [5, 5.41) is 5.88. The molecule has 2 fully saturated rings. The smallest absolute Gasteiger partial charge is 0.240 e. The molecule has 2 saturated heterocycles. The minimum atomic E-state index is -0.0358. The number of likely N-dealkylation sites (tertiary alicyclic amines) is 1. The van der Waals surface area contributed by atoms with E-state index in [1.165, 1.54) is 0 Å². The molecule has 90 valence electrons. The Morgan fingerprint density at radius 3 is 2.81 bits per heavy atom. The first-order chi connectivity index (χ1) is 7.72. The van der Waals surface area contributed by atoms with Crippen molar-refractivity contribution >= 4 is 11.8 Å². The molecule has 0 saturated carbocycles. The van der Waals surface area contributed by atoms with E-state index < -0.39 is 0 Å². The zero-order valence-corrected chi connectivity index (χ0v) is 9.66. The van der Waals surface area contributed by atoms with Gasteiger partial charge in [0.1, 0.15) is 0 Å². The highest BCUT2D eigenvalue weighted by atomic mass is 16.2. The SMILES string of the molecule is CNC1CCCN(C2CCC(=O)NC2)C1=O. The van der Waals surface area contributed by atoms with Crippen LogP contribution in [0, 0.1) is 0 Å². The van der Waals surface area contributed by atoms with E-state index in [1.807, 2.05) is 11.9 Å². The van der Waals surface area contributed by atoms with Crippen molar-refractivity contribution in [1.82, 2.24) is 15.5 Å². The van der Waals surface area contributed by atoms with E-state index in [9.17, 15) is 9.59 Å². The summed E-state index contributed by atoms with van der Waals surface area (Å²) < 4.78 is 0. The van der Waals surface area contributed by atoms with Gasteiger partial charge in [-0.15, -0.1) is 0 Å². The number of nitrogens with one attached hydrogen (secondary N) is 2. The Morgan fingerprint density at radius 1 is 1.38 bits per heavy atom. The number of rotatable bonds is 2. The van der Waals surface area contributed by atoms with Gasteiger partial charge in [0.15, 0.2) is 0 Å². The lowest BCUT2D eigenvalue weighted by Gasteiger charge is -2.39. The third kappa shape index (κ3) is 2.19. The molecular formula is C11H19N3O2. The van der Waals surface area contributed by atoms with Crippen LogP contribution in [0.2, 0.25) is 0 Å². The number of amides is 2. The molecule has 2 N–H and O–H groups in total. The second-order valence-corrected chi connectivity index (χ2v) is 4.51. The van der Waals surface area contributed by atoms with Gasteiger partial charge in [-0.25, -0.2) is 0 Å². The second-order valence-electron chi connectivity index (χ2n) is 4.51. The zero-order valence-electron chi connectivity index (χ0n) is 9.66. The molecule has 0 spiro atoms. The highest BCUT2D eigenvalue weighted by Gasteiger charge is 2.33. The Morgan fingerprint density at radius 2 is 2.19 bits per heavy atom. The molecule has 2 atom stereocenters. The van der Waals surface area contributed by atoms with Crippen molar-refractivity contribution in [2.45, 2.75) is 37.8 Å². The molecule has 2 unspecified atom stereocenters. The fraction of sp³-hybridized carbons (Fsp3) is 0.818. The molecule has 0 radical (unpaired) electrons. The summed E-state index contributed by atoms with van der Waals surface area (Å²) in [5.41, 5.74) is 0. The molecule has 0 aromatic heterocycles. The molecule has 0 aromatic carbocycles. The highest BCUT2D eigenvalue weighted by Crippen LogP contribution is 2.18. The predicted molar refractivity (Wildman–Crippen MR) is 59.8 cm³/mol. The van der Waals surface area contributed by atoms with Crippen LogP contribution in [0.1, 0.15) is 25.7 Å². The lowest BCUT2D eigenvalue weighted by atomic mass is 9.99. The van der Waals surface area contributed by atoms with Crippen molar-refractivity contribution in [3.05, 3.63) is 0 Å². The number of hydrogen-bond donors (Lipinski definition) is 2. The number of likely N-dealkylation sites (N-methyl/N-ethyl adjacent to an activating group) is 1. The summed E-state index contributed by atoms with van der Waals surface area (Å²) in [4.78, 5) is 25.1. The summed E-state index contributed by atoms with van der Waals surface area (Å²) in [6.07, 6.45) is 3.30. The molecule has 0 bridgehead atoms. The molecule has 16 heavy (non-hydrogen) atoms. The second kappa shape index (κ2) is 4.82. The summed E-state index contributed by atoms with van der Waals surface area (Å²) in [6.45, 7) is 1.44. The molecule has 5 nitrogen and oxygen atoms in total. The molecule has 0 aromatic rings. The van der Waals surface area contributed by atoms with Gasteiger partial charge in [-0.3, -0.25) is 9.59 Å². The van der Waals surface area contributed by atoms with Crippen molar-refractivity contribution in [3.63, 3.8) is 0 Å². The summed E-state index contributed by atoms with van der Waals surface area (Å²) >= 11 is 0. The lowest BCUT2D eigenvalue weighted by Crippen LogP contribution is -2.57. The first-order valence-corrected chi connectivity index (χ1v) is 5.97. The van der Waals surface area contributed by atoms with Crippen LogP contribution in [0.5, 0.6) is 0 Å². The highest BCUT2D eigenvalue weighted by molar-refractivity contribution is 5.83. The van der Waals surface area contributed by atoms with Crippen molar-refractivity contribution < 1.29 is 9.59 Å². The van der Waals surface area contributed by atoms with Gasteiger partial charge in [0.05, 0.1) is 6.04 Å². The molecule has 0 aliphatic carbocycles. The normalized spacial score (nSPS) is 31.4. The Bertz CT molecular complexity index is 283. The topological polar surface area (TPSA) is 61.4 Å². The number of piperidine rings is 2. The van der Waals surface area contributed by atoms with Crippen LogP contribution in [-0.4, -0.2) is 48.9 Å². The minimum Gasteiger partial charge on any atom is -0.354 e. The maximum absolute atomic E-state index is 12.1. The first kappa shape index (κ1) is 11.4. The fourth-order valence-electron chi connectivity index (χ4n) is 2.52. The Balaban J connectivity index is 1.97. The van der Waals surface area contributed by atoms with Crippen molar-refractivity contribution in [3.8, 4) is 0 Å². The maximum Gasteiger partial charge on any atom is 0.240 e. The van der Waals surface area contributed by atoms with Gasteiger partial charge in [0.2, 0.25) is 11.8 Å². The third-order valence-electron chi connectivity index (χ3n) is 3.50. The van der Waals surface area contributed by atoms with Gasteiger partial charge in [0, 0.05) is 25.6 Å². The van der Waals surface area contributed by atoms with Crippen LogP contribution in [0.3, 0.4) is 0 Å². The Kier molecular flexibility index (Phi) is 3.43. The van der Waals surface area contributed by atoms with Gasteiger partial charge in [0.25, 0.3) is 0 Å². The minimum absolute atomic E-state index is 0.0358. The van der Waals surface area contributed by atoms with E-state index >= 15 is 0 Å². The summed E-state index contributed by atoms with van der Waals surface area (Å²) in [6, 6.07) is 0.160. The van der Waals surface area contributed by atoms with E-state index in [4.69, 9.17) is 0 Å². The number of nitrogens with zero attached hydrogens (tertiary/aromatic N) is 1. The molecule has 2 rings (SSSR count). The van der Waals surface area contributed by atoms with E-state index in [0.717, 1.165) is 25.8 Å². The lowest BCUT2D eigenvalue weighted by molar-refractivity contribution is -0.140. The van der Waals surface area contributed by atoms with Crippen LogP contribution in [0.4, 0.5) is 0 Å². The molecule has 5 heteroatoms. The van der Waals surface area contributed by atoms with E-state index in [-0.39, 0.29) is 23.9 Å². The van der Waals surface area contributed by atoms with Gasteiger partial charge in [-0.1, -0.05) is 0 Å². The van der Waals surface area contributed by atoms with E-state index in [2.05, 4.69) is 10.6 Å². The monoisotopic (exact) mass is 225 g/mol. The average Bonchev–Trinajstić information content (AvgIpc) is 2.31. The quantitative estimate of drug-likeness (QED) is 0.664. The fourth-order valence-corrected chi connectivity index (χ4v) is 2.52. The van der Waals surface area contributed by atoms with Crippen LogP contribution in [0.25, 0.3) is 0 Å². The van der Waals surface area contributed by atoms with Crippen LogP contribution < -0.4 is 10.6 Å². The van der Waals surface area contributed by atoms with Gasteiger partial charge in [-0.2, -0.15) is 0 Å². The van der Waals surface area contributed by atoms with Crippen LogP contribution in [-0.2, 0) is 9.59 Å². The van der Waals surface area contributed by atoms with E-state index in [1.54, 1.807) is 0 Å². The largest absolute Gasteiger partial charge is 0.354 e. The predicted octanol–water partition coefficient (Wildman–Crippen LogP) is -0.525. The summed E-state index contributed by atoms with van der Waals surface area (Å²) in [7, 11) is 1.83. The van der Waals surface area contributed by atoms with Crippen molar-refractivity contribution in [2.75, 3.05) is 20.1 Å². The van der Waals surface area contributed by atoms with Crippen molar-refractivity contribution in [1.29, 1.82) is 0 Å². The van der Waals surface area contributed by atoms with Crippen molar-refractivity contribution in [2.24, 2.45) is 0 Å². The average molecular weight is 225 g/mol. The van der Waals surface area contributed by atoms with E-state index in [0.29, 0.717) is 13.0 Å². The Labute approximate surface area is 95.6 Å². The van der Waals surface area contributed by atoms with Gasteiger partial charge < -0.3 is 15.5 Å². The summed E-state index contributed by atoms with van der Waals surface area (Å²) in [5.74, 6) is 0.292. The molecular weight excluding hydrogens is 206 g/mol. The van der Waals surface area contributed by atoms with Crippen LogP contribution in [0.15, 0.2) is 0 Å². The number of carbonyl (C=O) groups is 2. The number of hydrogen-bond acceptors (Lipinski definition) is 3. The first-order valence-electron chi connectivity index (χ1n) is 5.97. The molecule has 2 amide bonds. The number of carbonyl (C=O) groups excluding carboxylic acids is 2. The third-order valence-corrected chi connectivity index (χ3v) is 3.50. The maximum atomic E-state index is 12.1. The molecule has 2 aliphatic heterocycles. The zero-order chi connectivity index (χ0) is 11.5.